The first-order valence-electron chi connectivity index (χ1n) is 10.0. The summed E-state index contributed by atoms with van der Waals surface area (Å²) >= 11 is 12.2. The lowest BCUT2D eigenvalue weighted by atomic mass is 10.0. The summed E-state index contributed by atoms with van der Waals surface area (Å²) < 4.78 is 0. The van der Waals surface area contributed by atoms with Crippen molar-refractivity contribution in [1.29, 1.82) is 0 Å². The van der Waals surface area contributed by atoms with Gasteiger partial charge in [0.05, 0.1) is 11.3 Å². The van der Waals surface area contributed by atoms with Gasteiger partial charge < -0.3 is 9.80 Å². The highest BCUT2D eigenvalue weighted by Gasteiger charge is 2.43. The van der Waals surface area contributed by atoms with E-state index in [1.165, 1.54) is 4.90 Å². The van der Waals surface area contributed by atoms with Crippen LogP contribution in [0.15, 0.2) is 48.2 Å². The van der Waals surface area contributed by atoms with Crippen molar-refractivity contribution in [2.45, 2.75) is 13.8 Å². The van der Waals surface area contributed by atoms with Crippen molar-refractivity contribution >= 4 is 46.3 Å². The van der Waals surface area contributed by atoms with Gasteiger partial charge in [-0.2, -0.15) is 0 Å². The smallest absolute Gasteiger partial charge is 0.282 e. The first-order valence-corrected chi connectivity index (χ1v) is 10.8. The van der Waals surface area contributed by atoms with Crippen LogP contribution in [0.1, 0.15) is 18.1 Å². The predicted octanol–water partition coefficient (Wildman–Crippen LogP) is 4.22. The van der Waals surface area contributed by atoms with Crippen LogP contribution < -0.4 is 4.90 Å². The first-order chi connectivity index (χ1) is 14.4. The fourth-order valence-corrected chi connectivity index (χ4v) is 4.31. The Balaban J connectivity index is 1.80. The molecule has 1 saturated heterocycles. The summed E-state index contributed by atoms with van der Waals surface area (Å²) in [5.74, 6) is -0.638. The molecule has 0 saturated carbocycles. The number of imide groups is 1. The normalized spacial score (nSPS) is 18.0. The lowest BCUT2D eigenvalue weighted by Gasteiger charge is -2.36. The predicted molar refractivity (Wildman–Crippen MR) is 121 cm³/mol. The maximum Gasteiger partial charge on any atom is 0.282 e. The topological polar surface area (TPSA) is 43.9 Å². The highest BCUT2D eigenvalue weighted by atomic mass is 35.5. The number of rotatable bonds is 4. The molecule has 2 aromatic rings. The standard InChI is InChI=1S/C23H23Cl2N3O2/c1-3-26-10-12-27(13-11-26)21-20(16-5-8-17(24)9-6-16)22(29)28(23(21)30)19-14-18(25)7-4-15(19)2/h4-9,14H,3,10-13H2,1-2H3. The van der Waals surface area contributed by atoms with Crippen LogP contribution in [0.5, 0.6) is 0 Å². The molecule has 2 aliphatic rings. The van der Waals surface area contributed by atoms with Crippen LogP contribution in [0.4, 0.5) is 5.69 Å². The second-order valence-electron chi connectivity index (χ2n) is 7.53. The molecule has 156 valence electrons. The van der Waals surface area contributed by atoms with E-state index < -0.39 is 0 Å². The Morgan fingerprint density at radius 2 is 1.50 bits per heavy atom. The largest absolute Gasteiger partial charge is 0.364 e. The Labute approximate surface area is 186 Å². The van der Waals surface area contributed by atoms with E-state index in [9.17, 15) is 9.59 Å². The maximum absolute atomic E-state index is 13.6. The second kappa shape index (κ2) is 8.42. The van der Waals surface area contributed by atoms with Crippen molar-refractivity contribution in [3.05, 3.63) is 69.3 Å². The van der Waals surface area contributed by atoms with Gasteiger partial charge in [-0.25, -0.2) is 4.90 Å². The van der Waals surface area contributed by atoms with Gasteiger partial charge in [0.15, 0.2) is 0 Å². The Morgan fingerprint density at radius 3 is 2.13 bits per heavy atom. The Hall–Kier alpha value is -2.34. The number of nitrogens with zero attached hydrogens (tertiary/aromatic N) is 3. The number of hydrogen-bond acceptors (Lipinski definition) is 4. The van der Waals surface area contributed by atoms with Crippen LogP contribution in [0.3, 0.4) is 0 Å². The third-order valence-corrected chi connectivity index (χ3v) is 6.23. The van der Waals surface area contributed by atoms with Crippen LogP contribution in [0.25, 0.3) is 5.57 Å². The number of anilines is 1. The first kappa shape index (κ1) is 20.9. The van der Waals surface area contributed by atoms with Gasteiger partial charge in [-0.15, -0.1) is 0 Å². The number of benzene rings is 2. The summed E-state index contributed by atoms with van der Waals surface area (Å²) in [6.07, 6.45) is 0. The summed E-state index contributed by atoms with van der Waals surface area (Å²) in [4.78, 5) is 32.8. The molecule has 4 rings (SSSR count). The lowest BCUT2D eigenvalue weighted by Crippen LogP contribution is -2.47. The third-order valence-electron chi connectivity index (χ3n) is 5.74. The summed E-state index contributed by atoms with van der Waals surface area (Å²) in [6, 6.07) is 12.3. The molecular formula is C23H23Cl2N3O2. The van der Waals surface area contributed by atoms with Crippen LogP contribution >= 0.6 is 23.2 Å². The van der Waals surface area contributed by atoms with Gasteiger partial charge in [-0.05, 0) is 48.9 Å². The highest BCUT2D eigenvalue weighted by Crippen LogP contribution is 2.37. The average molecular weight is 444 g/mol. The molecular weight excluding hydrogens is 421 g/mol. The van der Waals surface area contributed by atoms with E-state index in [4.69, 9.17) is 23.2 Å². The zero-order valence-electron chi connectivity index (χ0n) is 17.0. The van der Waals surface area contributed by atoms with Crippen molar-refractivity contribution < 1.29 is 9.59 Å². The SMILES string of the molecule is CCN1CCN(C2=C(c3ccc(Cl)cc3)C(=O)N(c3cc(Cl)ccc3C)C2=O)CC1. The van der Waals surface area contributed by atoms with E-state index in [2.05, 4.69) is 11.8 Å². The molecule has 30 heavy (non-hydrogen) atoms. The van der Waals surface area contributed by atoms with Crippen molar-refractivity contribution in [2.24, 2.45) is 0 Å². The fraction of sp³-hybridized carbons (Fsp3) is 0.304. The number of aryl methyl sites for hydroxylation is 1. The molecule has 0 aromatic heterocycles. The van der Waals surface area contributed by atoms with E-state index >= 15 is 0 Å². The zero-order chi connectivity index (χ0) is 21.4. The van der Waals surface area contributed by atoms with Crippen molar-refractivity contribution in [1.82, 2.24) is 9.80 Å². The minimum atomic E-state index is -0.333. The second-order valence-corrected chi connectivity index (χ2v) is 8.40. The molecule has 1 fully saturated rings. The quantitative estimate of drug-likeness (QED) is 0.663. The van der Waals surface area contributed by atoms with E-state index in [0.29, 0.717) is 45.7 Å². The van der Waals surface area contributed by atoms with Gasteiger partial charge in [-0.1, -0.05) is 48.3 Å². The van der Waals surface area contributed by atoms with Gasteiger partial charge >= 0.3 is 0 Å². The number of hydrogen-bond donors (Lipinski definition) is 0. The number of halogens is 2. The number of piperazine rings is 1. The van der Waals surface area contributed by atoms with Gasteiger partial charge in [-0.3, -0.25) is 9.59 Å². The molecule has 2 amide bonds. The lowest BCUT2D eigenvalue weighted by molar-refractivity contribution is -0.120. The molecule has 0 N–H and O–H groups in total. The summed E-state index contributed by atoms with van der Waals surface area (Å²) in [7, 11) is 0. The molecule has 5 nitrogen and oxygen atoms in total. The summed E-state index contributed by atoms with van der Waals surface area (Å²) in [5, 5.41) is 1.06. The van der Waals surface area contributed by atoms with Gasteiger partial charge in [0.25, 0.3) is 11.8 Å². The summed E-state index contributed by atoms with van der Waals surface area (Å²) in [5.41, 5.74) is 2.89. The molecule has 0 unspecified atom stereocenters. The number of amides is 2. The van der Waals surface area contributed by atoms with Crippen LogP contribution in [-0.4, -0.2) is 54.3 Å². The van der Waals surface area contributed by atoms with Crippen LogP contribution in [0.2, 0.25) is 10.0 Å². The minimum absolute atomic E-state index is 0.305. The van der Waals surface area contributed by atoms with E-state index in [-0.39, 0.29) is 11.8 Å². The van der Waals surface area contributed by atoms with E-state index in [0.717, 1.165) is 25.2 Å². The van der Waals surface area contributed by atoms with Crippen LogP contribution in [-0.2, 0) is 9.59 Å². The maximum atomic E-state index is 13.6. The summed E-state index contributed by atoms with van der Waals surface area (Å²) in [6.45, 7) is 8.06. The number of likely N-dealkylation sites (N-methyl/N-ethyl adjacent to an activating group) is 1. The van der Waals surface area contributed by atoms with E-state index in [1.807, 2.05) is 17.9 Å². The molecule has 0 atom stereocenters. The zero-order valence-corrected chi connectivity index (χ0v) is 18.5. The average Bonchev–Trinajstić information content (AvgIpc) is 3.00. The monoisotopic (exact) mass is 443 g/mol. The Bertz CT molecular complexity index is 1030. The van der Waals surface area contributed by atoms with Gasteiger partial charge in [0, 0.05) is 36.2 Å². The van der Waals surface area contributed by atoms with Crippen LogP contribution in [0, 0.1) is 6.92 Å². The molecule has 2 aliphatic heterocycles. The molecule has 7 heteroatoms. The minimum Gasteiger partial charge on any atom is -0.364 e. The Morgan fingerprint density at radius 1 is 0.867 bits per heavy atom. The van der Waals surface area contributed by atoms with Gasteiger partial charge in [0.1, 0.15) is 5.70 Å². The third kappa shape index (κ3) is 3.73. The molecule has 0 aliphatic carbocycles. The molecule has 2 aromatic carbocycles. The molecule has 0 spiro atoms. The molecule has 0 radical (unpaired) electrons. The molecule has 2 heterocycles. The van der Waals surface area contributed by atoms with Crippen molar-refractivity contribution in [2.75, 3.05) is 37.6 Å². The molecule has 0 bridgehead atoms. The number of carbonyl (C=O) groups excluding carboxylic acids is 2. The van der Waals surface area contributed by atoms with Crippen molar-refractivity contribution in [3.63, 3.8) is 0 Å². The fourth-order valence-electron chi connectivity index (χ4n) is 4.02. The van der Waals surface area contributed by atoms with E-state index in [1.54, 1.807) is 36.4 Å². The van der Waals surface area contributed by atoms with Gasteiger partial charge in [0.2, 0.25) is 0 Å². The number of carbonyl (C=O) groups is 2. The highest BCUT2D eigenvalue weighted by molar-refractivity contribution is 6.46. The van der Waals surface area contributed by atoms with Crippen molar-refractivity contribution in [3.8, 4) is 0 Å². The Kier molecular flexibility index (Phi) is 5.87.